The zero-order chi connectivity index (χ0) is 14.7. The predicted octanol–water partition coefficient (Wildman–Crippen LogP) is -0.260. The van der Waals surface area contributed by atoms with E-state index in [1.807, 2.05) is 4.90 Å². The van der Waals surface area contributed by atoms with Gasteiger partial charge >= 0.3 is 0 Å². The van der Waals surface area contributed by atoms with Crippen LogP contribution in [0.4, 0.5) is 0 Å². The largest absolute Gasteiger partial charge is 0.366 e. The number of hydrogen-bond donors (Lipinski definition) is 2. The van der Waals surface area contributed by atoms with Gasteiger partial charge in [-0.05, 0) is 31.6 Å². The smallest absolute Gasteiger partial charge is 0.253 e. The number of carbonyl (C=O) groups excluding carboxylic acids is 2. The van der Waals surface area contributed by atoms with E-state index in [4.69, 9.17) is 4.74 Å². The van der Waals surface area contributed by atoms with Crippen molar-refractivity contribution in [3.05, 3.63) is 0 Å². The van der Waals surface area contributed by atoms with Crippen LogP contribution in [0.15, 0.2) is 0 Å². The minimum absolute atomic E-state index is 0.0295. The summed E-state index contributed by atoms with van der Waals surface area (Å²) in [6, 6.07) is 0. The van der Waals surface area contributed by atoms with Gasteiger partial charge in [0.2, 0.25) is 5.91 Å². The van der Waals surface area contributed by atoms with Gasteiger partial charge in [0.15, 0.2) is 0 Å². The topological polar surface area (TPSA) is 70.7 Å². The Balaban J connectivity index is 1.49. The zero-order valence-corrected chi connectivity index (χ0v) is 12.5. The van der Waals surface area contributed by atoms with Crippen molar-refractivity contribution in [2.24, 2.45) is 11.8 Å². The first-order valence-corrected chi connectivity index (χ1v) is 8.13. The molecule has 0 bridgehead atoms. The van der Waals surface area contributed by atoms with Crippen molar-refractivity contribution in [3.63, 3.8) is 0 Å². The van der Waals surface area contributed by atoms with Crippen LogP contribution in [0, 0.1) is 11.8 Å². The molecule has 2 atom stereocenters. The summed E-state index contributed by atoms with van der Waals surface area (Å²) in [4.78, 5) is 26.4. The SMILES string of the molecule is O=C(NCC1CC1)C1CCCN(C(=O)C2CNCCO2)C1. The summed E-state index contributed by atoms with van der Waals surface area (Å²) in [6.07, 6.45) is 3.87. The fourth-order valence-electron chi connectivity index (χ4n) is 3.03. The van der Waals surface area contributed by atoms with Crippen molar-refractivity contribution >= 4 is 11.8 Å². The van der Waals surface area contributed by atoms with Crippen LogP contribution in [0.5, 0.6) is 0 Å². The second-order valence-corrected chi connectivity index (χ2v) is 6.38. The van der Waals surface area contributed by atoms with Crippen molar-refractivity contribution in [3.8, 4) is 0 Å². The maximum Gasteiger partial charge on any atom is 0.253 e. The number of likely N-dealkylation sites (tertiary alicyclic amines) is 1. The molecule has 2 aliphatic heterocycles. The fraction of sp³-hybridized carbons (Fsp3) is 0.867. The highest BCUT2D eigenvalue weighted by atomic mass is 16.5. The second-order valence-electron chi connectivity index (χ2n) is 6.38. The molecule has 3 aliphatic rings. The first-order valence-electron chi connectivity index (χ1n) is 8.13. The molecule has 2 saturated heterocycles. The van der Waals surface area contributed by atoms with Gasteiger partial charge in [-0.3, -0.25) is 9.59 Å². The van der Waals surface area contributed by atoms with Crippen molar-refractivity contribution in [2.75, 3.05) is 39.3 Å². The average molecular weight is 295 g/mol. The lowest BCUT2D eigenvalue weighted by Crippen LogP contribution is -2.53. The van der Waals surface area contributed by atoms with Gasteiger partial charge < -0.3 is 20.3 Å². The van der Waals surface area contributed by atoms with Crippen LogP contribution in [0.25, 0.3) is 0 Å². The molecule has 0 spiro atoms. The Labute approximate surface area is 125 Å². The van der Waals surface area contributed by atoms with Crippen molar-refractivity contribution in [1.29, 1.82) is 0 Å². The van der Waals surface area contributed by atoms with E-state index in [-0.39, 0.29) is 23.8 Å². The third-order valence-corrected chi connectivity index (χ3v) is 4.57. The van der Waals surface area contributed by atoms with Gasteiger partial charge in [0.25, 0.3) is 5.91 Å². The Morgan fingerprint density at radius 1 is 1.29 bits per heavy atom. The Bertz CT molecular complexity index is 392. The van der Waals surface area contributed by atoms with Gasteiger partial charge in [0.05, 0.1) is 12.5 Å². The first kappa shape index (κ1) is 14.8. The molecule has 3 rings (SSSR count). The standard InChI is InChI=1S/C15H25N3O3/c19-14(17-8-11-3-4-11)12-2-1-6-18(10-12)15(20)13-9-16-5-7-21-13/h11-13,16H,1-10H2,(H,17,19). The van der Waals surface area contributed by atoms with Crippen LogP contribution in [-0.4, -0.2) is 62.1 Å². The molecule has 2 amide bonds. The quantitative estimate of drug-likeness (QED) is 0.750. The number of morpholine rings is 1. The zero-order valence-electron chi connectivity index (χ0n) is 12.5. The third kappa shape index (κ3) is 3.95. The molecule has 2 N–H and O–H groups in total. The monoisotopic (exact) mass is 295 g/mol. The van der Waals surface area contributed by atoms with Crippen LogP contribution in [-0.2, 0) is 14.3 Å². The van der Waals surface area contributed by atoms with Gasteiger partial charge in [-0.2, -0.15) is 0 Å². The predicted molar refractivity (Wildman–Crippen MR) is 77.6 cm³/mol. The molecule has 2 unspecified atom stereocenters. The second kappa shape index (κ2) is 6.75. The lowest BCUT2D eigenvalue weighted by Gasteiger charge is -2.35. The van der Waals surface area contributed by atoms with E-state index in [2.05, 4.69) is 10.6 Å². The van der Waals surface area contributed by atoms with E-state index in [0.717, 1.165) is 32.5 Å². The summed E-state index contributed by atoms with van der Waals surface area (Å²) < 4.78 is 5.52. The molecule has 3 fully saturated rings. The Hall–Kier alpha value is -1.14. The summed E-state index contributed by atoms with van der Waals surface area (Å²) in [5.41, 5.74) is 0. The molecule has 0 radical (unpaired) electrons. The lowest BCUT2D eigenvalue weighted by atomic mass is 9.96. The molecule has 6 nitrogen and oxygen atoms in total. The third-order valence-electron chi connectivity index (χ3n) is 4.57. The summed E-state index contributed by atoms with van der Waals surface area (Å²) in [6.45, 7) is 4.04. The molecule has 6 heteroatoms. The normalized spacial score (nSPS) is 30.0. The molecular formula is C15H25N3O3. The molecule has 0 aromatic rings. The van der Waals surface area contributed by atoms with Crippen LogP contribution < -0.4 is 10.6 Å². The number of amides is 2. The summed E-state index contributed by atoms with van der Waals surface area (Å²) in [7, 11) is 0. The highest BCUT2D eigenvalue weighted by Crippen LogP contribution is 2.28. The highest BCUT2D eigenvalue weighted by molar-refractivity contribution is 5.83. The number of rotatable bonds is 4. The molecular weight excluding hydrogens is 270 g/mol. The number of nitrogens with zero attached hydrogens (tertiary/aromatic N) is 1. The van der Waals surface area contributed by atoms with E-state index >= 15 is 0 Å². The lowest BCUT2D eigenvalue weighted by molar-refractivity contribution is -0.148. The summed E-state index contributed by atoms with van der Waals surface area (Å²) in [5, 5.41) is 6.21. The van der Waals surface area contributed by atoms with Gasteiger partial charge in [0.1, 0.15) is 6.10 Å². The van der Waals surface area contributed by atoms with E-state index in [9.17, 15) is 9.59 Å². The van der Waals surface area contributed by atoms with Gasteiger partial charge in [-0.1, -0.05) is 0 Å². The number of hydrogen-bond acceptors (Lipinski definition) is 4. The number of nitrogens with one attached hydrogen (secondary N) is 2. The van der Waals surface area contributed by atoms with E-state index in [0.29, 0.717) is 25.6 Å². The molecule has 21 heavy (non-hydrogen) atoms. The molecule has 2 heterocycles. The van der Waals surface area contributed by atoms with Gasteiger partial charge in [-0.25, -0.2) is 0 Å². The van der Waals surface area contributed by atoms with Crippen molar-refractivity contribution in [1.82, 2.24) is 15.5 Å². The van der Waals surface area contributed by atoms with E-state index < -0.39 is 0 Å². The highest BCUT2D eigenvalue weighted by Gasteiger charge is 2.33. The first-order chi connectivity index (χ1) is 10.2. The van der Waals surface area contributed by atoms with Gasteiger partial charge in [-0.15, -0.1) is 0 Å². The summed E-state index contributed by atoms with van der Waals surface area (Å²) in [5.74, 6) is 0.777. The molecule has 1 saturated carbocycles. The number of piperidine rings is 1. The molecule has 0 aromatic heterocycles. The fourth-order valence-corrected chi connectivity index (χ4v) is 3.03. The Morgan fingerprint density at radius 2 is 2.14 bits per heavy atom. The van der Waals surface area contributed by atoms with E-state index in [1.54, 1.807) is 0 Å². The summed E-state index contributed by atoms with van der Waals surface area (Å²) >= 11 is 0. The number of ether oxygens (including phenoxy) is 1. The van der Waals surface area contributed by atoms with E-state index in [1.165, 1.54) is 12.8 Å². The minimum Gasteiger partial charge on any atom is -0.366 e. The Morgan fingerprint density at radius 3 is 2.86 bits per heavy atom. The molecule has 0 aromatic carbocycles. The maximum atomic E-state index is 12.4. The molecule has 118 valence electrons. The van der Waals surface area contributed by atoms with Crippen LogP contribution >= 0.6 is 0 Å². The minimum atomic E-state index is -0.382. The van der Waals surface area contributed by atoms with Crippen LogP contribution in [0.3, 0.4) is 0 Å². The van der Waals surface area contributed by atoms with Crippen molar-refractivity contribution < 1.29 is 14.3 Å². The Kier molecular flexibility index (Phi) is 4.75. The van der Waals surface area contributed by atoms with Crippen molar-refractivity contribution in [2.45, 2.75) is 31.8 Å². The number of carbonyl (C=O) groups is 2. The van der Waals surface area contributed by atoms with Crippen LogP contribution in [0.1, 0.15) is 25.7 Å². The van der Waals surface area contributed by atoms with Crippen LogP contribution in [0.2, 0.25) is 0 Å². The van der Waals surface area contributed by atoms with Gasteiger partial charge in [0, 0.05) is 32.7 Å². The molecule has 1 aliphatic carbocycles. The average Bonchev–Trinajstić information content (AvgIpc) is 3.37. The maximum absolute atomic E-state index is 12.4.